The van der Waals surface area contributed by atoms with Crippen molar-refractivity contribution >= 4 is 11.7 Å². The molecule has 4 nitrogen and oxygen atoms in total. The Morgan fingerprint density at radius 2 is 2.00 bits per heavy atom. The molecule has 1 aromatic rings. The van der Waals surface area contributed by atoms with Crippen molar-refractivity contribution in [2.75, 3.05) is 32.1 Å². The molecule has 2 amide bonds. The van der Waals surface area contributed by atoms with Crippen LogP contribution in [0.2, 0.25) is 0 Å². The van der Waals surface area contributed by atoms with Gasteiger partial charge in [-0.15, -0.1) is 0 Å². The van der Waals surface area contributed by atoms with Gasteiger partial charge in [0.1, 0.15) is 0 Å². The van der Waals surface area contributed by atoms with Gasteiger partial charge in [0.15, 0.2) is 0 Å². The van der Waals surface area contributed by atoms with Crippen LogP contribution in [-0.2, 0) is 4.74 Å². The van der Waals surface area contributed by atoms with Crippen molar-refractivity contribution in [2.24, 2.45) is 17.8 Å². The zero-order valence-corrected chi connectivity index (χ0v) is 14.9. The number of amides is 2. The Balaban J connectivity index is 1.68. The van der Waals surface area contributed by atoms with Crippen molar-refractivity contribution in [1.29, 1.82) is 0 Å². The van der Waals surface area contributed by atoms with Crippen molar-refractivity contribution < 1.29 is 9.53 Å². The van der Waals surface area contributed by atoms with Gasteiger partial charge in [0.2, 0.25) is 0 Å². The number of hydrogen-bond donors (Lipinski definition) is 1. The van der Waals surface area contributed by atoms with Gasteiger partial charge in [0, 0.05) is 25.9 Å². The molecule has 3 rings (SSSR count). The van der Waals surface area contributed by atoms with Crippen molar-refractivity contribution in [2.45, 2.75) is 26.7 Å². The fourth-order valence-electron chi connectivity index (χ4n) is 4.06. The Labute approximate surface area is 144 Å². The average molecular weight is 328 g/mol. The third-order valence-corrected chi connectivity index (χ3v) is 5.44. The topological polar surface area (TPSA) is 41.6 Å². The van der Waals surface area contributed by atoms with Crippen LogP contribution in [0.15, 0.2) is 30.4 Å². The molecule has 1 fully saturated rings. The summed E-state index contributed by atoms with van der Waals surface area (Å²) < 4.78 is 5.21. The number of anilines is 1. The standard InChI is InChI=1S/C20H28N2O2/c1-14-5-4-6-15(2)19(14)21-20(23)22(9-10-24-3)13-18-12-16-7-8-17(18)11-16/h4-8,16-18H,9-13H2,1-3H3,(H,21,23). The van der Waals surface area contributed by atoms with Crippen molar-refractivity contribution in [1.82, 2.24) is 4.90 Å². The molecule has 0 aliphatic heterocycles. The first-order valence-electron chi connectivity index (χ1n) is 8.88. The minimum absolute atomic E-state index is 0.0174. The Morgan fingerprint density at radius 3 is 2.58 bits per heavy atom. The number of carbonyl (C=O) groups excluding carboxylic acids is 1. The van der Waals surface area contributed by atoms with Gasteiger partial charge in [0.05, 0.1) is 6.61 Å². The number of rotatable bonds is 6. The van der Waals surface area contributed by atoms with Crippen molar-refractivity contribution in [3.8, 4) is 0 Å². The third-order valence-electron chi connectivity index (χ3n) is 5.44. The molecule has 2 aliphatic rings. The lowest BCUT2D eigenvalue weighted by molar-refractivity contribution is 0.144. The van der Waals surface area contributed by atoms with Gasteiger partial charge < -0.3 is 15.0 Å². The average Bonchev–Trinajstić information content (AvgIpc) is 3.17. The van der Waals surface area contributed by atoms with Gasteiger partial charge in [-0.25, -0.2) is 4.79 Å². The molecular weight excluding hydrogens is 300 g/mol. The molecule has 0 saturated heterocycles. The number of urea groups is 1. The first-order valence-corrected chi connectivity index (χ1v) is 8.88. The Kier molecular flexibility index (Phi) is 5.24. The van der Waals surface area contributed by atoms with E-state index in [-0.39, 0.29) is 6.03 Å². The van der Waals surface area contributed by atoms with Crippen molar-refractivity contribution in [3.63, 3.8) is 0 Å². The molecule has 0 radical (unpaired) electrons. The quantitative estimate of drug-likeness (QED) is 0.802. The summed E-state index contributed by atoms with van der Waals surface area (Å²) in [6.45, 7) is 6.07. The van der Waals surface area contributed by atoms with E-state index in [1.807, 2.05) is 36.9 Å². The monoisotopic (exact) mass is 328 g/mol. The van der Waals surface area contributed by atoms with E-state index >= 15 is 0 Å². The van der Waals surface area contributed by atoms with E-state index in [1.54, 1.807) is 7.11 Å². The molecule has 130 valence electrons. The zero-order valence-electron chi connectivity index (χ0n) is 14.9. The highest BCUT2D eigenvalue weighted by Gasteiger charge is 2.37. The van der Waals surface area contributed by atoms with Crippen molar-refractivity contribution in [3.05, 3.63) is 41.5 Å². The number of nitrogens with zero attached hydrogens (tertiary/aromatic N) is 1. The molecule has 24 heavy (non-hydrogen) atoms. The van der Waals surface area contributed by atoms with E-state index in [4.69, 9.17) is 4.74 Å². The maximum Gasteiger partial charge on any atom is 0.321 e. The highest BCUT2D eigenvalue weighted by atomic mass is 16.5. The van der Waals surface area contributed by atoms with Gasteiger partial charge in [-0.1, -0.05) is 30.4 Å². The Hall–Kier alpha value is -1.81. The highest BCUT2D eigenvalue weighted by molar-refractivity contribution is 5.91. The van der Waals surface area contributed by atoms with Crippen LogP contribution >= 0.6 is 0 Å². The molecular formula is C20H28N2O2. The number of ether oxygens (including phenoxy) is 1. The minimum Gasteiger partial charge on any atom is -0.383 e. The summed E-state index contributed by atoms with van der Waals surface area (Å²) in [4.78, 5) is 14.8. The predicted molar refractivity (Wildman–Crippen MR) is 97.2 cm³/mol. The third kappa shape index (κ3) is 3.64. The number of hydrogen-bond acceptors (Lipinski definition) is 2. The normalized spacial score (nSPS) is 24.4. The van der Waals surface area contributed by atoms with Crippen LogP contribution in [0.3, 0.4) is 0 Å². The van der Waals surface area contributed by atoms with E-state index in [1.165, 1.54) is 12.8 Å². The molecule has 0 aromatic heterocycles. The van der Waals surface area contributed by atoms with Crippen LogP contribution in [0.25, 0.3) is 0 Å². The summed E-state index contributed by atoms with van der Waals surface area (Å²) in [7, 11) is 1.68. The Morgan fingerprint density at radius 1 is 1.25 bits per heavy atom. The number of benzene rings is 1. The largest absolute Gasteiger partial charge is 0.383 e. The summed E-state index contributed by atoms with van der Waals surface area (Å²) in [5, 5.41) is 3.12. The lowest BCUT2D eigenvalue weighted by Crippen LogP contribution is -2.41. The highest BCUT2D eigenvalue weighted by Crippen LogP contribution is 2.43. The lowest BCUT2D eigenvalue weighted by atomic mass is 9.93. The smallest absolute Gasteiger partial charge is 0.321 e. The maximum absolute atomic E-state index is 12.9. The molecule has 2 bridgehead atoms. The van der Waals surface area contributed by atoms with Gasteiger partial charge in [-0.05, 0) is 55.6 Å². The number of carbonyl (C=O) groups is 1. The van der Waals surface area contributed by atoms with Gasteiger partial charge in [-0.2, -0.15) is 0 Å². The molecule has 1 saturated carbocycles. The fraction of sp³-hybridized carbons (Fsp3) is 0.550. The number of nitrogens with one attached hydrogen (secondary N) is 1. The second-order valence-corrected chi connectivity index (χ2v) is 7.18. The summed E-state index contributed by atoms with van der Waals surface area (Å²) in [6, 6.07) is 6.06. The van der Waals surface area contributed by atoms with E-state index in [0.717, 1.165) is 29.3 Å². The summed E-state index contributed by atoms with van der Waals surface area (Å²) >= 11 is 0. The van der Waals surface area contributed by atoms with Crippen LogP contribution in [-0.4, -0.2) is 37.7 Å². The molecule has 0 spiro atoms. The van der Waals surface area contributed by atoms with E-state index in [9.17, 15) is 4.79 Å². The number of methoxy groups -OCH3 is 1. The Bertz CT molecular complexity index is 606. The van der Waals surface area contributed by atoms with E-state index in [0.29, 0.717) is 25.0 Å². The maximum atomic E-state index is 12.9. The van der Waals surface area contributed by atoms with Crippen LogP contribution in [0, 0.1) is 31.6 Å². The molecule has 3 atom stereocenters. The SMILES string of the molecule is COCCN(CC1CC2C=CC1C2)C(=O)Nc1c(C)cccc1C. The second-order valence-electron chi connectivity index (χ2n) is 7.18. The second kappa shape index (κ2) is 7.39. The zero-order chi connectivity index (χ0) is 17.1. The lowest BCUT2D eigenvalue weighted by Gasteiger charge is -2.29. The van der Waals surface area contributed by atoms with E-state index < -0.39 is 0 Å². The number of aryl methyl sites for hydroxylation is 2. The molecule has 0 heterocycles. The minimum atomic E-state index is -0.0174. The summed E-state index contributed by atoms with van der Waals surface area (Å²) in [5.41, 5.74) is 3.12. The molecule has 2 aliphatic carbocycles. The molecule has 4 heteroatoms. The molecule has 1 N–H and O–H groups in total. The predicted octanol–water partition coefficient (Wildman–Crippen LogP) is 4.00. The van der Waals surface area contributed by atoms with Crippen LogP contribution in [0.4, 0.5) is 10.5 Å². The van der Waals surface area contributed by atoms with E-state index in [2.05, 4.69) is 17.5 Å². The van der Waals surface area contributed by atoms with Gasteiger partial charge >= 0.3 is 6.03 Å². The van der Waals surface area contributed by atoms with Crippen LogP contribution in [0.5, 0.6) is 0 Å². The number of para-hydroxylation sites is 1. The fourth-order valence-corrected chi connectivity index (χ4v) is 4.06. The number of allylic oxidation sites excluding steroid dienone is 2. The first kappa shape index (κ1) is 17.0. The first-order chi connectivity index (χ1) is 11.6. The summed E-state index contributed by atoms with van der Waals surface area (Å²) in [5.74, 6) is 1.96. The summed E-state index contributed by atoms with van der Waals surface area (Å²) in [6.07, 6.45) is 7.16. The molecule has 3 unspecified atom stereocenters. The number of fused-ring (bicyclic) bond motifs is 2. The van der Waals surface area contributed by atoms with Gasteiger partial charge in [0.25, 0.3) is 0 Å². The van der Waals surface area contributed by atoms with Crippen LogP contribution < -0.4 is 5.32 Å². The molecule has 1 aromatic carbocycles. The van der Waals surface area contributed by atoms with Gasteiger partial charge in [-0.3, -0.25) is 0 Å². The van der Waals surface area contributed by atoms with Crippen LogP contribution in [0.1, 0.15) is 24.0 Å².